The zero-order valence-corrected chi connectivity index (χ0v) is 14.3. The number of aromatic nitrogens is 2. The number of nitrogens with one attached hydrogen (secondary N) is 1. The molecule has 2 bridgehead atoms. The van der Waals surface area contributed by atoms with E-state index in [-0.39, 0.29) is 11.8 Å². The second kappa shape index (κ2) is 6.11. The molecule has 3 rings (SSSR count). The van der Waals surface area contributed by atoms with Gasteiger partial charge in [-0.15, -0.1) is 0 Å². The van der Waals surface area contributed by atoms with Crippen LogP contribution in [0.4, 0.5) is 0 Å². The Hall–Kier alpha value is -0.840. The average Bonchev–Trinajstić information content (AvgIpc) is 3.15. The van der Waals surface area contributed by atoms with Crippen LogP contribution in [0.3, 0.4) is 0 Å². The van der Waals surface area contributed by atoms with Gasteiger partial charge in [-0.1, -0.05) is 13.3 Å². The van der Waals surface area contributed by atoms with Crippen LogP contribution >= 0.6 is 15.9 Å². The maximum absolute atomic E-state index is 12.4. The number of hydrogen-bond donors (Lipinski definition) is 1. The van der Waals surface area contributed by atoms with Crippen molar-refractivity contribution >= 4 is 21.8 Å². The Bertz CT molecular complexity index is 515. The van der Waals surface area contributed by atoms with Crippen LogP contribution in [-0.2, 0) is 11.3 Å². The van der Waals surface area contributed by atoms with Crippen LogP contribution in [0.2, 0.25) is 0 Å². The van der Waals surface area contributed by atoms with Crippen LogP contribution < -0.4 is 5.32 Å². The Morgan fingerprint density at radius 3 is 2.86 bits per heavy atom. The lowest BCUT2D eigenvalue weighted by Crippen LogP contribution is -2.43. The van der Waals surface area contributed by atoms with Crippen molar-refractivity contribution in [2.75, 3.05) is 0 Å². The second-order valence-corrected chi connectivity index (χ2v) is 7.83. The molecule has 4 nitrogen and oxygen atoms in total. The fraction of sp³-hybridized carbons (Fsp3) is 0.750. The van der Waals surface area contributed by atoms with E-state index in [9.17, 15) is 4.79 Å². The fourth-order valence-electron chi connectivity index (χ4n) is 4.18. The van der Waals surface area contributed by atoms with Crippen molar-refractivity contribution < 1.29 is 4.79 Å². The molecule has 2 aliphatic rings. The van der Waals surface area contributed by atoms with Crippen LogP contribution in [0.1, 0.15) is 39.5 Å². The van der Waals surface area contributed by atoms with Crippen LogP contribution in [0.5, 0.6) is 0 Å². The topological polar surface area (TPSA) is 46.9 Å². The van der Waals surface area contributed by atoms with Gasteiger partial charge in [0.05, 0.1) is 23.1 Å². The minimum absolute atomic E-state index is 0.0576. The van der Waals surface area contributed by atoms with Crippen molar-refractivity contribution in [1.29, 1.82) is 0 Å². The van der Waals surface area contributed by atoms with Crippen molar-refractivity contribution in [1.82, 2.24) is 15.1 Å². The zero-order chi connectivity index (χ0) is 15.0. The normalized spacial score (nSPS) is 30.3. The van der Waals surface area contributed by atoms with E-state index >= 15 is 0 Å². The van der Waals surface area contributed by atoms with Gasteiger partial charge in [0.1, 0.15) is 0 Å². The third kappa shape index (κ3) is 3.33. The molecule has 0 aromatic carbocycles. The Balaban J connectivity index is 1.51. The minimum atomic E-state index is -0.0576. The average molecular weight is 354 g/mol. The number of halogens is 1. The van der Waals surface area contributed by atoms with E-state index in [4.69, 9.17) is 0 Å². The maximum Gasteiger partial charge on any atom is 0.224 e. The molecule has 1 aromatic heterocycles. The van der Waals surface area contributed by atoms with E-state index in [0.29, 0.717) is 18.5 Å². The van der Waals surface area contributed by atoms with E-state index in [1.165, 1.54) is 25.7 Å². The first-order chi connectivity index (χ1) is 10.0. The third-order valence-corrected chi connectivity index (χ3v) is 5.72. The standard InChI is InChI=1S/C16H24BrN3O/c1-10(8-20-9-14(17)7-18-20)16(21)19-11(2)15-6-12-3-4-13(15)5-12/h7,9-13,15H,3-6,8H2,1-2H3,(H,19,21). The van der Waals surface area contributed by atoms with Gasteiger partial charge >= 0.3 is 0 Å². The van der Waals surface area contributed by atoms with Crippen LogP contribution in [0.15, 0.2) is 16.9 Å². The van der Waals surface area contributed by atoms with Crippen molar-refractivity contribution in [3.63, 3.8) is 0 Å². The summed E-state index contributed by atoms with van der Waals surface area (Å²) in [6, 6.07) is 0.305. The molecule has 0 aliphatic heterocycles. The number of carbonyl (C=O) groups excluding carboxylic acids is 1. The number of amides is 1. The summed E-state index contributed by atoms with van der Waals surface area (Å²) < 4.78 is 2.77. The molecule has 2 saturated carbocycles. The first-order valence-electron chi connectivity index (χ1n) is 8.01. The smallest absolute Gasteiger partial charge is 0.224 e. The van der Waals surface area contributed by atoms with Crippen molar-refractivity contribution in [2.45, 2.75) is 52.1 Å². The van der Waals surface area contributed by atoms with E-state index in [0.717, 1.165) is 16.3 Å². The number of nitrogens with zero attached hydrogens (tertiary/aromatic N) is 2. The SMILES string of the molecule is CC(Cn1cc(Br)cn1)C(=O)NC(C)C1CC2CCC1C2. The highest BCUT2D eigenvalue weighted by atomic mass is 79.9. The monoisotopic (exact) mass is 353 g/mol. The summed E-state index contributed by atoms with van der Waals surface area (Å²) in [5.41, 5.74) is 0. The summed E-state index contributed by atoms with van der Waals surface area (Å²) in [5.74, 6) is 2.56. The van der Waals surface area contributed by atoms with Gasteiger partial charge in [-0.05, 0) is 59.9 Å². The van der Waals surface area contributed by atoms with Gasteiger partial charge in [0.2, 0.25) is 5.91 Å². The highest BCUT2D eigenvalue weighted by Crippen LogP contribution is 2.49. The summed E-state index contributed by atoms with van der Waals surface area (Å²) in [7, 11) is 0. The van der Waals surface area contributed by atoms with Gasteiger partial charge in [-0.25, -0.2) is 0 Å². The van der Waals surface area contributed by atoms with Gasteiger partial charge in [0.25, 0.3) is 0 Å². The number of fused-ring (bicyclic) bond motifs is 2. The summed E-state index contributed by atoms with van der Waals surface area (Å²) in [6.07, 6.45) is 9.14. The van der Waals surface area contributed by atoms with E-state index < -0.39 is 0 Å². The van der Waals surface area contributed by atoms with Crippen LogP contribution in [0, 0.1) is 23.7 Å². The summed E-state index contributed by atoms with van der Waals surface area (Å²) in [4.78, 5) is 12.4. The van der Waals surface area contributed by atoms with Gasteiger partial charge in [-0.3, -0.25) is 9.48 Å². The number of rotatable bonds is 5. The third-order valence-electron chi connectivity index (χ3n) is 5.32. The summed E-state index contributed by atoms with van der Waals surface area (Å²) in [6.45, 7) is 4.78. The van der Waals surface area contributed by atoms with E-state index in [1.807, 2.05) is 17.8 Å². The Labute approximate surface area is 134 Å². The molecule has 1 amide bonds. The molecule has 5 unspecified atom stereocenters. The first-order valence-corrected chi connectivity index (χ1v) is 8.80. The number of hydrogen-bond acceptors (Lipinski definition) is 2. The van der Waals surface area contributed by atoms with Crippen molar-refractivity contribution in [3.8, 4) is 0 Å². The molecule has 21 heavy (non-hydrogen) atoms. The molecular weight excluding hydrogens is 330 g/mol. The zero-order valence-electron chi connectivity index (χ0n) is 12.8. The highest BCUT2D eigenvalue weighted by Gasteiger charge is 2.42. The first kappa shape index (κ1) is 15.1. The minimum Gasteiger partial charge on any atom is -0.353 e. The molecule has 0 spiro atoms. The molecule has 0 saturated heterocycles. The van der Waals surface area contributed by atoms with Gasteiger partial charge in [-0.2, -0.15) is 5.10 Å². The van der Waals surface area contributed by atoms with E-state index in [2.05, 4.69) is 33.3 Å². The molecule has 1 aromatic rings. The second-order valence-electron chi connectivity index (χ2n) is 6.92. The lowest BCUT2D eigenvalue weighted by atomic mass is 9.84. The lowest BCUT2D eigenvalue weighted by molar-refractivity contribution is -0.126. The molecule has 0 radical (unpaired) electrons. The summed E-state index contributed by atoms with van der Waals surface area (Å²) in [5, 5.41) is 7.46. The molecule has 1 N–H and O–H groups in total. The van der Waals surface area contributed by atoms with Gasteiger partial charge in [0, 0.05) is 12.2 Å². The van der Waals surface area contributed by atoms with E-state index in [1.54, 1.807) is 6.20 Å². The van der Waals surface area contributed by atoms with Crippen molar-refractivity contribution in [2.24, 2.45) is 23.7 Å². The Kier molecular flexibility index (Phi) is 4.38. The predicted octanol–water partition coefficient (Wildman–Crippen LogP) is 3.22. The molecule has 1 heterocycles. The highest BCUT2D eigenvalue weighted by molar-refractivity contribution is 9.10. The lowest BCUT2D eigenvalue weighted by Gasteiger charge is -2.29. The van der Waals surface area contributed by atoms with Crippen LogP contribution in [0.25, 0.3) is 0 Å². The fourth-order valence-corrected chi connectivity index (χ4v) is 4.51. The Morgan fingerprint density at radius 1 is 1.48 bits per heavy atom. The van der Waals surface area contributed by atoms with Crippen molar-refractivity contribution in [3.05, 3.63) is 16.9 Å². The maximum atomic E-state index is 12.4. The molecule has 5 atom stereocenters. The molecule has 2 aliphatic carbocycles. The molecule has 2 fully saturated rings. The van der Waals surface area contributed by atoms with Gasteiger partial charge < -0.3 is 5.32 Å². The Morgan fingerprint density at radius 2 is 2.29 bits per heavy atom. The van der Waals surface area contributed by atoms with Crippen LogP contribution in [-0.4, -0.2) is 21.7 Å². The summed E-state index contributed by atoms with van der Waals surface area (Å²) >= 11 is 3.38. The predicted molar refractivity (Wildman–Crippen MR) is 85.6 cm³/mol. The molecular formula is C16H24BrN3O. The largest absolute Gasteiger partial charge is 0.353 e. The molecule has 116 valence electrons. The quantitative estimate of drug-likeness (QED) is 0.883. The molecule has 5 heteroatoms. The van der Waals surface area contributed by atoms with Gasteiger partial charge in [0.15, 0.2) is 0 Å². The number of carbonyl (C=O) groups is 1.